The van der Waals surface area contributed by atoms with Crippen LogP contribution in [0.3, 0.4) is 0 Å². The number of nitrogens with two attached hydrogens (primary N) is 1. The Morgan fingerprint density at radius 1 is 1.22 bits per heavy atom. The number of alkyl carbamates (subject to hydrolysis) is 1. The van der Waals surface area contributed by atoms with Gasteiger partial charge in [-0.1, -0.05) is 47.7 Å². The van der Waals surface area contributed by atoms with Crippen molar-refractivity contribution < 1.29 is 19.1 Å². The topological polar surface area (TPSA) is 90.6 Å². The molecule has 0 bridgehead atoms. The smallest absolute Gasteiger partial charge is 0.407 e. The van der Waals surface area contributed by atoms with Crippen molar-refractivity contribution in [3.05, 3.63) is 34.3 Å². The second kappa shape index (κ2) is 11.5. The molecule has 0 heterocycles. The summed E-state index contributed by atoms with van der Waals surface area (Å²) >= 11 is 3.40. The van der Waals surface area contributed by atoms with Crippen molar-refractivity contribution in [3.63, 3.8) is 0 Å². The molecule has 0 radical (unpaired) electrons. The zero-order valence-electron chi connectivity index (χ0n) is 16.6. The Morgan fingerprint density at radius 3 is 2.41 bits per heavy atom. The van der Waals surface area contributed by atoms with Gasteiger partial charge >= 0.3 is 6.09 Å². The molecule has 0 saturated carbocycles. The molecular formula is C19H31BrN2O4Si. The largest absolute Gasteiger partial charge is 0.450 e. The van der Waals surface area contributed by atoms with Crippen molar-refractivity contribution in [2.45, 2.75) is 64.2 Å². The van der Waals surface area contributed by atoms with Crippen molar-refractivity contribution >= 4 is 36.0 Å². The Labute approximate surface area is 171 Å². The van der Waals surface area contributed by atoms with E-state index in [1.165, 1.54) is 0 Å². The van der Waals surface area contributed by atoms with Crippen LogP contribution >= 0.6 is 15.9 Å². The zero-order chi connectivity index (χ0) is 20.4. The molecule has 1 aromatic rings. The molecule has 2 amide bonds. The van der Waals surface area contributed by atoms with Crippen LogP contribution in [0.1, 0.15) is 25.3 Å². The molecule has 0 fully saturated rings. The lowest BCUT2D eigenvalue weighted by Gasteiger charge is -2.25. The summed E-state index contributed by atoms with van der Waals surface area (Å²) in [5.41, 5.74) is 6.28. The Balaban J connectivity index is 2.56. The third kappa shape index (κ3) is 11.1. The highest BCUT2D eigenvalue weighted by Gasteiger charge is 2.22. The third-order valence-electron chi connectivity index (χ3n) is 4.08. The first kappa shape index (κ1) is 23.7. The van der Waals surface area contributed by atoms with Crippen LogP contribution in [0.2, 0.25) is 25.7 Å². The number of carbonyl (C=O) groups is 2. The van der Waals surface area contributed by atoms with Crippen LogP contribution in [0.15, 0.2) is 28.7 Å². The molecular weight excluding hydrogens is 428 g/mol. The summed E-state index contributed by atoms with van der Waals surface area (Å²) in [4.78, 5) is 23.2. The van der Waals surface area contributed by atoms with Crippen molar-refractivity contribution in [1.82, 2.24) is 5.32 Å². The van der Waals surface area contributed by atoms with Crippen LogP contribution < -0.4 is 11.1 Å². The van der Waals surface area contributed by atoms with E-state index in [9.17, 15) is 9.59 Å². The second-order valence-corrected chi connectivity index (χ2v) is 14.4. The van der Waals surface area contributed by atoms with Gasteiger partial charge in [-0.15, -0.1) is 0 Å². The predicted molar refractivity (Wildman–Crippen MR) is 113 cm³/mol. The molecule has 0 unspecified atom stereocenters. The molecule has 2 atom stereocenters. The minimum absolute atomic E-state index is 0.172. The molecule has 0 saturated heterocycles. The zero-order valence-corrected chi connectivity index (χ0v) is 19.2. The summed E-state index contributed by atoms with van der Waals surface area (Å²) in [5.74, 6) is -0.408. The van der Waals surface area contributed by atoms with Crippen molar-refractivity contribution in [2.75, 3.05) is 6.61 Å². The average Bonchev–Trinajstić information content (AvgIpc) is 2.56. The Bertz CT molecular complexity index is 605. The fourth-order valence-corrected chi connectivity index (χ4v) is 3.27. The van der Waals surface area contributed by atoms with E-state index in [2.05, 4.69) is 40.9 Å². The summed E-state index contributed by atoms with van der Waals surface area (Å²) in [5, 5.41) is 2.82. The van der Waals surface area contributed by atoms with E-state index in [0.717, 1.165) is 16.1 Å². The average molecular weight is 459 g/mol. The van der Waals surface area contributed by atoms with Crippen molar-refractivity contribution in [2.24, 2.45) is 5.73 Å². The highest BCUT2D eigenvalue weighted by molar-refractivity contribution is 9.10. The highest BCUT2D eigenvalue weighted by Crippen LogP contribution is 2.14. The summed E-state index contributed by atoms with van der Waals surface area (Å²) < 4.78 is 12.2. The SMILES string of the molecule is C[C@@H](OCc1ccc(Br)cc1)[C@H](CCC(N)=O)NC(=O)OCC[Si](C)(C)C. The Kier molecular flexibility index (Phi) is 10.0. The normalized spacial score (nSPS) is 13.7. The summed E-state index contributed by atoms with van der Waals surface area (Å²) in [6, 6.07) is 8.37. The predicted octanol–water partition coefficient (Wildman–Crippen LogP) is 4.05. The van der Waals surface area contributed by atoms with Gasteiger partial charge in [0.15, 0.2) is 0 Å². The maximum Gasteiger partial charge on any atom is 0.407 e. The Morgan fingerprint density at radius 2 is 1.85 bits per heavy atom. The van der Waals surface area contributed by atoms with Crippen LogP contribution in [0.25, 0.3) is 0 Å². The molecule has 8 heteroatoms. The van der Waals surface area contributed by atoms with Gasteiger partial charge in [-0.2, -0.15) is 0 Å². The molecule has 0 spiro atoms. The van der Waals surface area contributed by atoms with E-state index >= 15 is 0 Å². The standard InChI is InChI=1S/C19H31BrN2O4Si/c1-14(26-13-15-5-7-16(20)8-6-15)17(9-10-18(21)23)22-19(24)25-11-12-27(2,3)4/h5-8,14,17H,9-13H2,1-4H3,(H2,21,23)(H,22,24)/t14-,17+/m1/s1. The molecule has 0 aliphatic rings. The monoisotopic (exact) mass is 458 g/mol. The summed E-state index contributed by atoms with van der Waals surface area (Å²) in [6.45, 7) is 9.35. The minimum atomic E-state index is -1.26. The van der Waals surface area contributed by atoms with E-state index in [1.807, 2.05) is 31.2 Å². The van der Waals surface area contributed by atoms with Crippen molar-refractivity contribution in [1.29, 1.82) is 0 Å². The molecule has 27 heavy (non-hydrogen) atoms. The van der Waals surface area contributed by atoms with Crippen LogP contribution in [-0.4, -0.2) is 38.8 Å². The lowest BCUT2D eigenvalue weighted by atomic mass is 10.1. The molecule has 1 aromatic carbocycles. The number of halogens is 1. The number of carbonyl (C=O) groups excluding carboxylic acids is 2. The van der Waals surface area contributed by atoms with Gasteiger partial charge in [0.05, 0.1) is 25.4 Å². The Hall–Kier alpha value is -1.38. The maximum absolute atomic E-state index is 12.1. The van der Waals surface area contributed by atoms with Crippen LogP contribution in [-0.2, 0) is 20.9 Å². The quantitative estimate of drug-likeness (QED) is 0.489. The van der Waals surface area contributed by atoms with Crippen LogP contribution in [0.5, 0.6) is 0 Å². The number of hydrogen-bond acceptors (Lipinski definition) is 4. The molecule has 0 aromatic heterocycles. The van der Waals surface area contributed by atoms with E-state index < -0.39 is 20.1 Å². The lowest BCUT2D eigenvalue weighted by Crippen LogP contribution is -2.44. The van der Waals surface area contributed by atoms with Gasteiger partial charge in [-0.25, -0.2) is 4.79 Å². The number of benzene rings is 1. The van der Waals surface area contributed by atoms with Crippen molar-refractivity contribution in [3.8, 4) is 0 Å². The van der Waals surface area contributed by atoms with E-state index in [-0.39, 0.29) is 18.6 Å². The highest BCUT2D eigenvalue weighted by atomic mass is 79.9. The first-order chi connectivity index (χ1) is 12.6. The molecule has 3 N–H and O–H groups in total. The van der Waals surface area contributed by atoms with Gasteiger partial charge in [-0.3, -0.25) is 4.79 Å². The molecule has 0 aliphatic carbocycles. The first-order valence-corrected chi connectivity index (χ1v) is 13.6. The van der Waals surface area contributed by atoms with Gasteiger partial charge in [-0.05, 0) is 37.1 Å². The van der Waals surface area contributed by atoms with E-state index in [0.29, 0.717) is 19.6 Å². The van der Waals surface area contributed by atoms with Gasteiger partial charge in [0.25, 0.3) is 0 Å². The number of hydrogen-bond donors (Lipinski definition) is 2. The molecule has 1 rings (SSSR count). The fraction of sp³-hybridized carbons (Fsp3) is 0.579. The summed E-state index contributed by atoms with van der Waals surface area (Å²) in [6.07, 6.45) is -0.203. The first-order valence-electron chi connectivity index (χ1n) is 9.14. The number of rotatable bonds is 11. The minimum Gasteiger partial charge on any atom is -0.450 e. The number of primary amides is 1. The summed E-state index contributed by atoms with van der Waals surface area (Å²) in [7, 11) is -1.26. The van der Waals surface area contributed by atoms with Gasteiger partial charge in [0.2, 0.25) is 5.91 Å². The lowest BCUT2D eigenvalue weighted by molar-refractivity contribution is -0.118. The number of amides is 2. The third-order valence-corrected chi connectivity index (χ3v) is 6.32. The molecule has 6 nitrogen and oxygen atoms in total. The van der Waals surface area contributed by atoms with E-state index in [4.69, 9.17) is 15.2 Å². The van der Waals surface area contributed by atoms with E-state index in [1.54, 1.807) is 0 Å². The van der Waals surface area contributed by atoms with Gasteiger partial charge in [0, 0.05) is 19.0 Å². The fourth-order valence-electron chi connectivity index (χ4n) is 2.29. The van der Waals surface area contributed by atoms with Gasteiger partial charge < -0.3 is 20.5 Å². The van der Waals surface area contributed by atoms with Crippen LogP contribution in [0, 0.1) is 0 Å². The second-order valence-electron chi connectivity index (χ2n) is 7.84. The number of nitrogens with one attached hydrogen (secondary N) is 1. The maximum atomic E-state index is 12.1. The van der Waals surface area contributed by atoms with Crippen LogP contribution in [0.4, 0.5) is 4.79 Å². The molecule has 152 valence electrons. The van der Waals surface area contributed by atoms with Gasteiger partial charge in [0.1, 0.15) is 0 Å². The molecule has 0 aliphatic heterocycles. The number of ether oxygens (including phenoxy) is 2.